The molecule has 2 N–H and O–H groups in total. The number of nitrogens with one attached hydrogen (secondary N) is 2. The van der Waals surface area contributed by atoms with Gasteiger partial charge in [-0.25, -0.2) is 13.6 Å². The maximum absolute atomic E-state index is 14.1. The Kier molecular flexibility index (Phi) is 6.15. The number of urea groups is 1. The number of carbonyl (C=O) groups is 2. The number of rotatable bonds is 4. The number of anilines is 2. The summed E-state index contributed by atoms with van der Waals surface area (Å²) in [5, 5.41) is 5.54. The zero-order chi connectivity index (χ0) is 23.6. The molecule has 0 unspecified atom stereocenters. The second-order valence-electron chi connectivity index (χ2n) is 7.59. The lowest BCUT2D eigenvalue weighted by Gasteiger charge is -2.23. The third-order valence-electron chi connectivity index (χ3n) is 5.16. The fourth-order valence-corrected chi connectivity index (χ4v) is 3.69. The summed E-state index contributed by atoms with van der Waals surface area (Å²) in [5.41, 5.74) is 1.08. The molecule has 10 heteroatoms. The summed E-state index contributed by atoms with van der Waals surface area (Å²) in [7, 11) is 0. The molecule has 2 aromatic carbocycles. The average molecular weight is 473 g/mol. The highest BCUT2D eigenvalue weighted by atomic mass is 35.5. The number of likely N-dealkylation sites (tertiary alicyclic amines) is 1. The van der Waals surface area contributed by atoms with Crippen LogP contribution in [0.4, 0.5) is 25.0 Å². The SMILES string of the molecule is O=C(Nc1ccc(-n2ccccc2=O)cc1)[C@H]1CC(F)(F)CN1C(=O)Nc1ccc(Cl)cc1. The largest absolute Gasteiger partial charge is 0.324 e. The van der Waals surface area contributed by atoms with E-state index in [4.69, 9.17) is 11.6 Å². The number of nitrogens with zero attached hydrogens (tertiary/aromatic N) is 2. The molecule has 4 rings (SSSR count). The second kappa shape index (κ2) is 9.03. The van der Waals surface area contributed by atoms with Crippen molar-refractivity contribution in [2.24, 2.45) is 0 Å². The van der Waals surface area contributed by atoms with Gasteiger partial charge in [0.2, 0.25) is 5.91 Å². The van der Waals surface area contributed by atoms with Gasteiger partial charge in [0.1, 0.15) is 6.04 Å². The van der Waals surface area contributed by atoms with Gasteiger partial charge < -0.3 is 15.5 Å². The highest BCUT2D eigenvalue weighted by Crippen LogP contribution is 2.33. The number of hydrogen-bond acceptors (Lipinski definition) is 3. The molecule has 0 aliphatic carbocycles. The van der Waals surface area contributed by atoms with Gasteiger partial charge in [-0.05, 0) is 54.6 Å². The van der Waals surface area contributed by atoms with Crippen molar-refractivity contribution in [3.05, 3.63) is 88.3 Å². The van der Waals surface area contributed by atoms with Gasteiger partial charge in [-0.2, -0.15) is 0 Å². The zero-order valence-corrected chi connectivity index (χ0v) is 17.9. The van der Waals surface area contributed by atoms with E-state index in [1.807, 2.05) is 0 Å². The Labute approximate surface area is 192 Å². The molecule has 1 atom stereocenters. The molecule has 1 aliphatic heterocycles. The van der Waals surface area contributed by atoms with Crippen LogP contribution in [0.3, 0.4) is 0 Å². The van der Waals surface area contributed by atoms with Gasteiger partial charge in [-0.15, -0.1) is 0 Å². The molecular formula is C23H19ClF2N4O3. The molecule has 0 radical (unpaired) electrons. The van der Waals surface area contributed by atoms with E-state index in [1.54, 1.807) is 54.7 Å². The van der Waals surface area contributed by atoms with Gasteiger partial charge in [0.05, 0.1) is 6.54 Å². The molecular weight excluding hydrogens is 454 g/mol. The Bertz CT molecular complexity index is 1230. The number of alkyl halides is 2. The molecule has 1 aliphatic rings. The first-order valence-electron chi connectivity index (χ1n) is 10.0. The van der Waals surface area contributed by atoms with E-state index >= 15 is 0 Å². The molecule has 1 saturated heterocycles. The lowest BCUT2D eigenvalue weighted by atomic mass is 10.1. The van der Waals surface area contributed by atoms with Crippen LogP contribution in [0.1, 0.15) is 6.42 Å². The Morgan fingerprint density at radius 2 is 1.58 bits per heavy atom. The molecule has 170 valence electrons. The second-order valence-corrected chi connectivity index (χ2v) is 8.02. The minimum absolute atomic E-state index is 0.218. The number of halogens is 3. The van der Waals surface area contributed by atoms with Crippen LogP contribution in [-0.4, -0.2) is 39.9 Å². The predicted molar refractivity (Wildman–Crippen MR) is 121 cm³/mol. The minimum Gasteiger partial charge on any atom is -0.324 e. The quantitative estimate of drug-likeness (QED) is 0.591. The molecule has 0 bridgehead atoms. The maximum atomic E-state index is 14.1. The summed E-state index contributed by atoms with van der Waals surface area (Å²) in [6, 6.07) is 15.1. The van der Waals surface area contributed by atoms with Crippen LogP contribution >= 0.6 is 11.6 Å². The van der Waals surface area contributed by atoms with Crippen LogP contribution in [0.2, 0.25) is 5.02 Å². The Morgan fingerprint density at radius 1 is 0.939 bits per heavy atom. The van der Waals surface area contributed by atoms with Crippen molar-refractivity contribution in [3.8, 4) is 5.69 Å². The predicted octanol–water partition coefficient (Wildman–Crippen LogP) is 4.37. The molecule has 3 amide bonds. The number of hydrogen-bond donors (Lipinski definition) is 2. The molecule has 0 spiro atoms. The highest BCUT2D eigenvalue weighted by molar-refractivity contribution is 6.30. The third kappa shape index (κ3) is 5.20. The van der Waals surface area contributed by atoms with Crippen molar-refractivity contribution in [1.29, 1.82) is 0 Å². The van der Waals surface area contributed by atoms with Crippen LogP contribution in [0, 0.1) is 0 Å². The van der Waals surface area contributed by atoms with Gasteiger partial charge >= 0.3 is 6.03 Å². The standard InChI is InChI=1S/C23H19ClF2N4O3/c24-15-4-6-17(7-5-15)28-22(33)30-14-23(25,26)13-19(30)21(32)27-16-8-10-18(11-9-16)29-12-2-1-3-20(29)31/h1-12,19H,13-14H2,(H,27,32)(H,28,33)/t19-/m1/s1. The number of pyridine rings is 1. The Morgan fingerprint density at radius 3 is 2.24 bits per heavy atom. The van der Waals surface area contributed by atoms with Crippen LogP contribution in [0.15, 0.2) is 77.7 Å². The van der Waals surface area contributed by atoms with Crippen LogP contribution in [0.25, 0.3) is 5.69 Å². The first kappa shape index (κ1) is 22.5. The molecule has 33 heavy (non-hydrogen) atoms. The topological polar surface area (TPSA) is 83.4 Å². The van der Waals surface area contributed by atoms with E-state index in [9.17, 15) is 23.2 Å². The molecule has 2 heterocycles. The first-order valence-corrected chi connectivity index (χ1v) is 10.4. The summed E-state index contributed by atoms with van der Waals surface area (Å²) in [5.74, 6) is -3.93. The molecule has 1 aromatic heterocycles. The summed E-state index contributed by atoms with van der Waals surface area (Å²) in [6.45, 7) is -0.875. The number of carbonyl (C=O) groups excluding carboxylic acids is 2. The molecule has 3 aromatic rings. The van der Waals surface area contributed by atoms with E-state index in [0.29, 0.717) is 22.1 Å². The lowest BCUT2D eigenvalue weighted by molar-refractivity contribution is -0.119. The van der Waals surface area contributed by atoms with E-state index in [-0.39, 0.29) is 5.56 Å². The summed E-state index contributed by atoms with van der Waals surface area (Å²) >= 11 is 5.81. The Balaban J connectivity index is 1.47. The van der Waals surface area contributed by atoms with Gasteiger partial charge in [0.15, 0.2) is 0 Å². The van der Waals surface area contributed by atoms with Crippen LogP contribution in [-0.2, 0) is 4.79 Å². The maximum Gasteiger partial charge on any atom is 0.322 e. The fourth-order valence-electron chi connectivity index (χ4n) is 3.56. The molecule has 7 nitrogen and oxygen atoms in total. The van der Waals surface area contributed by atoms with Gasteiger partial charge in [-0.1, -0.05) is 17.7 Å². The minimum atomic E-state index is -3.20. The van der Waals surface area contributed by atoms with Crippen molar-refractivity contribution in [2.45, 2.75) is 18.4 Å². The van der Waals surface area contributed by atoms with Crippen molar-refractivity contribution in [1.82, 2.24) is 9.47 Å². The number of amides is 3. The van der Waals surface area contributed by atoms with E-state index < -0.39 is 36.9 Å². The van der Waals surface area contributed by atoms with Gasteiger partial charge in [-0.3, -0.25) is 14.2 Å². The van der Waals surface area contributed by atoms with Crippen molar-refractivity contribution in [3.63, 3.8) is 0 Å². The third-order valence-corrected chi connectivity index (χ3v) is 5.42. The average Bonchev–Trinajstić information content (AvgIpc) is 3.12. The van der Waals surface area contributed by atoms with Crippen LogP contribution < -0.4 is 16.2 Å². The fraction of sp³-hybridized carbons (Fsp3) is 0.174. The zero-order valence-electron chi connectivity index (χ0n) is 17.2. The first-order chi connectivity index (χ1) is 15.7. The Hall–Kier alpha value is -3.72. The smallest absolute Gasteiger partial charge is 0.322 e. The lowest BCUT2D eigenvalue weighted by Crippen LogP contribution is -2.45. The monoisotopic (exact) mass is 472 g/mol. The normalized spacial score (nSPS) is 16.9. The van der Waals surface area contributed by atoms with Crippen LogP contribution in [0.5, 0.6) is 0 Å². The van der Waals surface area contributed by atoms with Gasteiger partial charge in [0, 0.05) is 40.8 Å². The van der Waals surface area contributed by atoms with E-state index in [0.717, 1.165) is 4.90 Å². The van der Waals surface area contributed by atoms with Gasteiger partial charge in [0.25, 0.3) is 11.5 Å². The van der Waals surface area contributed by atoms with E-state index in [2.05, 4.69) is 10.6 Å². The number of aromatic nitrogens is 1. The number of benzene rings is 2. The highest BCUT2D eigenvalue weighted by Gasteiger charge is 2.50. The van der Waals surface area contributed by atoms with Crippen molar-refractivity contribution in [2.75, 3.05) is 17.2 Å². The van der Waals surface area contributed by atoms with Crippen molar-refractivity contribution >= 4 is 34.9 Å². The summed E-state index contributed by atoms with van der Waals surface area (Å²) in [4.78, 5) is 38.2. The van der Waals surface area contributed by atoms with Crippen molar-refractivity contribution < 1.29 is 18.4 Å². The summed E-state index contributed by atoms with van der Waals surface area (Å²) in [6.07, 6.45) is 0.818. The molecule has 0 saturated carbocycles. The summed E-state index contributed by atoms with van der Waals surface area (Å²) < 4.78 is 29.7. The van der Waals surface area contributed by atoms with E-state index in [1.165, 1.54) is 22.8 Å². The molecule has 1 fully saturated rings.